The van der Waals surface area contributed by atoms with E-state index in [1.165, 1.54) is 22.1 Å². The van der Waals surface area contributed by atoms with Crippen LogP contribution in [0.15, 0.2) is 53.5 Å². The maximum atomic E-state index is 13.1. The van der Waals surface area contributed by atoms with Crippen LogP contribution in [-0.4, -0.2) is 27.0 Å². The summed E-state index contributed by atoms with van der Waals surface area (Å²) >= 11 is 0. The largest absolute Gasteiger partial charge is 0.465 e. The number of fused-ring (bicyclic) bond motifs is 2. The second-order valence-electron chi connectivity index (χ2n) is 6.61. The Bertz CT molecular complexity index is 1370. The number of methoxy groups -OCH3 is 1. The maximum Gasteiger partial charge on any atom is 0.341 e. The highest BCUT2D eigenvalue weighted by Gasteiger charge is 2.19. The van der Waals surface area contributed by atoms with Gasteiger partial charge in [0.2, 0.25) is 0 Å². The quantitative estimate of drug-likeness (QED) is 0.431. The molecule has 1 N–H and O–H groups in total. The monoisotopic (exact) mass is 374 g/mol. The number of aromatic nitrogens is 3. The SMILES string of the molecule is COC(=O)c1cc2c(=O)n3cccc(C)c3nc2n(-c2ccc(C)cc2)c1=N. The molecule has 0 fully saturated rings. The minimum atomic E-state index is -0.679. The van der Waals surface area contributed by atoms with Crippen molar-refractivity contribution < 1.29 is 9.53 Å². The average Bonchev–Trinajstić information content (AvgIpc) is 2.69. The molecule has 28 heavy (non-hydrogen) atoms. The molecule has 0 spiro atoms. The molecule has 1 aromatic carbocycles. The Hall–Kier alpha value is -3.74. The van der Waals surface area contributed by atoms with E-state index < -0.39 is 5.97 Å². The molecular weight excluding hydrogens is 356 g/mol. The topological polar surface area (TPSA) is 89.4 Å². The molecule has 3 aromatic heterocycles. The molecule has 3 heterocycles. The Morgan fingerprint density at radius 3 is 2.50 bits per heavy atom. The highest BCUT2D eigenvalue weighted by Crippen LogP contribution is 2.17. The van der Waals surface area contributed by atoms with Crippen LogP contribution in [0.3, 0.4) is 0 Å². The van der Waals surface area contributed by atoms with Gasteiger partial charge in [-0.2, -0.15) is 0 Å². The molecule has 0 unspecified atom stereocenters. The lowest BCUT2D eigenvalue weighted by Crippen LogP contribution is -2.29. The van der Waals surface area contributed by atoms with Crippen molar-refractivity contribution in [3.63, 3.8) is 0 Å². The molecule has 0 bridgehead atoms. The summed E-state index contributed by atoms with van der Waals surface area (Å²) in [7, 11) is 1.25. The van der Waals surface area contributed by atoms with Gasteiger partial charge >= 0.3 is 5.97 Å². The Kier molecular flexibility index (Phi) is 4.07. The van der Waals surface area contributed by atoms with Crippen LogP contribution in [-0.2, 0) is 4.74 Å². The Morgan fingerprint density at radius 2 is 1.82 bits per heavy atom. The van der Waals surface area contributed by atoms with E-state index in [0.29, 0.717) is 17.0 Å². The van der Waals surface area contributed by atoms with E-state index in [-0.39, 0.29) is 22.0 Å². The van der Waals surface area contributed by atoms with Crippen molar-refractivity contribution in [2.45, 2.75) is 13.8 Å². The molecule has 7 heteroatoms. The van der Waals surface area contributed by atoms with Crippen LogP contribution in [0.1, 0.15) is 21.5 Å². The third-order valence-corrected chi connectivity index (χ3v) is 4.74. The molecule has 0 saturated carbocycles. The number of nitrogens with zero attached hydrogens (tertiary/aromatic N) is 3. The van der Waals surface area contributed by atoms with Gasteiger partial charge in [-0.1, -0.05) is 23.8 Å². The highest BCUT2D eigenvalue weighted by atomic mass is 16.5. The van der Waals surface area contributed by atoms with Crippen LogP contribution < -0.4 is 11.0 Å². The Morgan fingerprint density at radius 1 is 1.11 bits per heavy atom. The van der Waals surface area contributed by atoms with Gasteiger partial charge in [-0.25, -0.2) is 9.78 Å². The molecule has 0 radical (unpaired) electrons. The normalized spacial score (nSPS) is 11.1. The van der Waals surface area contributed by atoms with Gasteiger partial charge in [-0.05, 0) is 43.7 Å². The molecule has 0 aliphatic rings. The first-order valence-electron chi connectivity index (χ1n) is 8.70. The van der Waals surface area contributed by atoms with Crippen LogP contribution in [0.4, 0.5) is 0 Å². The summed E-state index contributed by atoms with van der Waals surface area (Å²) in [5.74, 6) is -0.679. The zero-order chi connectivity index (χ0) is 20.0. The Labute approximate surface area is 160 Å². The van der Waals surface area contributed by atoms with Gasteiger partial charge < -0.3 is 4.74 Å². The summed E-state index contributed by atoms with van der Waals surface area (Å²) < 4.78 is 7.78. The number of hydrogen-bond acceptors (Lipinski definition) is 5. The second-order valence-corrected chi connectivity index (χ2v) is 6.61. The summed E-state index contributed by atoms with van der Waals surface area (Å²) in [4.78, 5) is 30.1. The van der Waals surface area contributed by atoms with E-state index in [1.54, 1.807) is 12.3 Å². The van der Waals surface area contributed by atoms with Gasteiger partial charge in [0.05, 0.1) is 12.5 Å². The standard InChI is InChI=1S/C21H18N4O3/c1-12-6-8-14(9-7-12)25-17(22)15(21(27)28-3)11-16-19(25)23-18-13(2)5-4-10-24(18)20(16)26/h4-11,22H,1-3H3. The van der Waals surface area contributed by atoms with Gasteiger partial charge in [-0.15, -0.1) is 0 Å². The number of ether oxygens (including phenoxy) is 1. The van der Waals surface area contributed by atoms with Gasteiger partial charge in [0, 0.05) is 11.9 Å². The number of nitrogens with one attached hydrogen (secondary N) is 1. The van der Waals surface area contributed by atoms with Crippen molar-refractivity contribution in [1.82, 2.24) is 14.0 Å². The highest BCUT2D eigenvalue weighted by molar-refractivity contribution is 5.93. The van der Waals surface area contributed by atoms with E-state index >= 15 is 0 Å². The lowest BCUT2D eigenvalue weighted by molar-refractivity contribution is 0.0598. The first-order valence-corrected chi connectivity index (χ1v) is 8.70. The molecule has 4 aromatic rings. The van der Waals surface area contributed by atoms with Crippen LogP contribution in [0.5, 0.6) is 0 Å². The van der Waals surface area contributed by atoms with Gasteiger partial charge in [0.15, 0.2) is 5.65 Å². The lowest BCUT2D eigenvalue weighted by atomic mass is 10.1. The molecule has 0 saturated heterocycles. The predicted molar refractivity (Wildman–Crippen MR) is 105 cm³/mol. The fourth-order valence-electron chi connectivity index (χ4n) is 3.25. The van der Waals surface area contributed by atoms with Crippen molar-refractivity contribution >= 4 is 22.6 Å². The van der Waals surface area contributed by atoms with Crippen molar-refractivity contribution in [2.75, 3.05) is 7.11 Å². The second kappa shape index (κ2) is 6.45. The van der Waals surface area contributed by atoms with E-state index in [1.807, 2.05) is 44.2 Å². The van der Waals surface area contributed by atoms with E-state index in [0.717, 1.165) is 11.1 Å². The summed E-state index contributed by atoms with van der Waals surface area (Å²) in [6, 6.07) is 12.5. The molecule has 0 amide bonds. The molecule has 7 nitrogen and oxygen atoms in total. The third kappa shape index (κ3) is 2.60. The van der Waals surface area contributed by atoms with E-state index in [2.05, 4.69) is 4.98 Å². The van der Waals surface area contributed by atoms with Crippen molar-refractivity contribution in [3.05, 3.63) is 81.2 Å². The fraction of sp³-hybridized carbons (Fsp3) is 0.143. The zero-order valence-corrected chi connectivity index (χ0v) is 15.7. The number of carbonyl (C=O) groups is 1. The molecule has 0 atom stereocenters. The first-order chi connectivity index (χ1) is 13.4. The van der Waals surface area contributed by atoms with Crippen LogP contribution in [0.2, 0.25) is 0 Å². The first kappa shape index (κ1) is 17.7. The molecule has 0 aliphatic carbocycles. The number of benzene rings is 1. The van der Waals surface area contributed by atoms with Gasteiger partial charge in [0.25, 0.3) is 5.56 Å². The number of aryl methyl sites for hydroxylation is 2. The lowest BCUT2D eigenvalue weighted by Gasteiger charge is -2.15. The number of pyridine rings is 2. The smallest absolute Gasteiger partial charge is 0.341 e. The number of rotatable bonds is 2. The van der Waals surface area contributed by atoms with Crippen molar-refractivity contribution in [1.29, 1.82) is 5.41 Å². The number of hydrogen-bond donors (Lipinski definition) is 1. The van der Waals surface area contributed by atoms with E-state index in [9.17, 15) is 9.59 Å². The zero-order valence-electron chi connectivity index (χ0n) is 15.7. The van der Waals surface area contributed by atoms with Gasteiger partial charge in [-0.3, -0.25) is 19.2 Å². The molecule has 0 aliphatic heterocycles. The third-order valence-electron chi connectivity index (χ3n) is 4.74. The Balaban J connectivity index is 2.25. The molecular formula is C21H18N4O3. The summed E-state index contributed by atoms with van der Waals surface area (Å²) in [6.45, 7) is 3.83. The molecule has 4 rings (SSSR count). The van der Waals surface area contributed by atoms with Crippen molar-refractivity contribution in [2.24, 2.45) is 0 Å². The average molecular weight is 374 g/mol. The summed E-state index contributed by atoms with van der Waals surface area (Å²) in [5.41, 5.74) is 2.95. The minimum Gasteiger partial charge on any atom is -0.465 e. The minimum absolute atomic E-state index is 0.00192. The molecule has 140 valence electrons. The van der Waals surface area contributed by atoms with Crippen LogP contribution in [0, 0.1) is 19.3 Å². The fourth-order valence-corrected chi connectivity index (χ4v) is 3.25. The summed E-state index contributed by atoms with van der Waals surface area (Å²) in [5, 5.41) is 8.84. The maximum absolute atomic E-state index is 13.1. The summed E-state index contributed by atoms with van der Waals surface area (Å²) in [6.07, 6.45) is 1.64. The van der Waals surface area contributed by atoms with Crippen molar-refractivity contribution in [3.8, 4) is 5.69 Å². The van der Waals surface area contributed by atoms with Crippen LogP contribution in [0.25, 0.3) is 22.4 Å². The van der Waals surface area contributed by atoms with Gasteiger partial charge in [0.1, 0.15) is 16.7 Å². The number of esters is 1. The van der Waals surface area contributed by atoms with Crippen LogP contribution >= 0.6 is 0 Å². The predicted octanol–water partition coefficient (Wildman–Crippen LogP) is 2.52. The number of carbonyl (C=O) groups excluding carboxylic acids is 1. The van der Waals surface area contributed by atoms with E-state index in [4.69, 9.17) is 10.1 Å².